The molecule has 0 fully saturated rings. The van der Waals surface area contributed by atoms with Gasteiger partial charge in [-0.1, -0.05) is 29.0 Å². The van der Waals surface area contributed by atoms with Gasteiger partial charge in [0.25, 0.3) is 0 Å². The number of thiazole rings is 1. The third kappa shape index (κ3) is 6.54. The lowest BCUT2D eigenvalue weighted by molar-refractivity contribution is -0.143. The Morgan fingerprint density at radius 3 is 2.47 bits per heavy atom. The lowest BCUT2D eigenvalue weighted by atomic mass is 10.2. The van der Waals surface area contributed by atoms with Crippen molar-refractivity contribution in [3.63, 3.8) is 0 Å². The maximum absolute atomic E-state index is 12.6. The SMILES string of the molecule is CCOC(=O)Cn1c(=NC(=O)CCCS(=O)(=O)c2ccc(C)cc2)sc2cc(OCC)ccc21. The molecule has 0 aliphatic carbocycles. The number of aromatic nitrogens is 1. The molecular weight excluding hydrogens is 476 g/mol. The number of carbonyl (C=O) groups excluding carboxylic acids is 2. The Bertz CT molecular complexity index is 1340. The van der Waals surface area contributed by atoms with E-state index in [0.717, 1.165) is 15.8 Å². The minimum Gasteiger partial charge on any atom is -0.494 e. The predicted molar refractivity (Wildman–Crippen MR) is 131 cm³/mol. The fraction of sp³-hybridized carbons (Fsp3) is 0.375. The van der Waals surface area contributed by atoms with Gasteiger partial charge in [0.05, 0.1) is 34.1 Å². The molecule has 0 atom stereocenters. The Morgan fingerprint density at radius 1 is 1.06 bits per heavy atom. The van der Waals surface area contributed by atoms with E-state index in [1.807, 2.05) is 26.0 Å². The molecule has 2 aromatic carbocycles. The van der Waals surface area contributed by atoms with Crippen LogP contribution in [0.1, 0.15) is 32.3 Å². The molecular formula is C24H28N2O6S2. The van der Waals surface area contributed by atoms with E-state index < -0.39 is 21.7 Å². The Kier molecular flexibility index (Phi) is 8.62. The van der Waals surface area contributed by atoms with Gasteiger partial charge in [0.15, 0.2) is 14.6 Å². The highest BCUT2D eigenvalue weighted by Crippen LogP contribution is 2.23. The van der Waals surface area contributed by atoms with Gasteiger partial charge in [-0.25, -0.2) is 8.42 Å². The molecule has 0 spiro atoms. The van der Waals surface area contributed by atoms with E-state index in [9.17, 15) is 18.0 Å². The molecule has 0 saturated carbocycles. The van der Waals surface area contributed by atoms with Gasteiger partial charge in [-0.2, -0.15) is 4.99 Å². The van der Waals surface area contributed by atoms with E-state index in [1.165, 1.54) is 11.3 Å². The van der Waals surface area contributed by atoms with Gasteiger partial charge in [0, 0.05) is 6.42 Å². The Balaban J connectivity index is 1.80. The zero-order valence-electron chi connectivity index (χ0n) is 19.4. The minimum atomic E-state index is -3.48. The molecule has 0 unspecified atom stereocenters. The second kappa shape index (κ2) is 11.4. The van der Waals surface area contributed by atoms with E-state index in [2.05, 4.69) is 4.99 Å². The molecule has 34 heavy (non-hydrogen) atoms. The third-order valence-electron chi connectivity index (χ3n) is 4.96. The maximum atomic E-state index is 12.6. The lowest BCUT2D eigenvalue weighted by Crippen LogP contribution is -2.23. The van der Waals surface area contributed by atoms with Crippen LogP contribution in [-0.2, 0) is 30.7 Å². The van der Waals surface area contributed by atoms with Crippen LogP contribution >= 0.6 is 11.3 Å². The molecule has 0 radical (unpaired) electrons. The van der Waals surface area contributed by atoms with Crippen LogP contribution in [0.15, 0.2) is 52.4 Å². The monoisotopic (exact) mass is 504 g/mol. The average molecular weight is 505 g/mol. The van der Waals surface area contributed by atoms with Gasteiger partial charge in [-0.05, 0) is 57.5 Å². The fourth-order valence-corrected chi connectivity index (χ4v) is 5.71. The van der Waals surface area contributed by atoms with Crippen molar-refractivity contribution in [2.24, 2.45) is 4.99 Å². The minimum absolute atomic E-state index is 0.0249. The Labute approximate surface area is 202 Å². The quantitative estimate of drug-likeness (QED) is 0.390. The molecule has 3 aromatic rings. The summed E-state index contributed by atoms with van der Waals surface area (Å²) in [5, 5.41) is 0. The van der Waals surface area contributed by atoms with Crippen molar-refractivity contribution >= 4 is 43.3 Å². The molecule has 10 heteroatoms. The van der Waals surface area contributed by atoms with Crippen molar-refractivity contribution in [1.82, 2.24) is 4.57 Å². The van der Waals surface area contributed by atoms with E-state index >= 15 is 0 Å². The molecule has 1 aromatic heterocycles. The maximum Gasteiger partial charge on any atom is 0.326 e. The van der Waals surface area contributed by atoms with Crippen LogP contribution in [0.3, 0.4) is 0 Å². The number of hydrogen-bond acceptors (Lipinski definition) is 7. The number of benzene rings is 2. The summed E-state index contributed by atoms with van der Waals surface area (Å²) in [5.74, 6) is -0.356. The number of amides is 1. The van der Waals surface area contributed by atoms with Crippen LogP contribution in [0.25, 0.3) is 10.2 Å². The number of hydrogen-bond donors (Lipinski definition) is 0. The largest absolute Gasteiger partial charge is 0.494 e. The summed E-state index contributed by atoms with van der Waals surface area (Å²) >= 11 is 1.26. The molecule has 0 N–H and O–H groups in total. The number of esters is 1. The van der Waals surface area contributed by atoms with Crippen molar-refractivity contribution in [1.29, 1.82) is 0 Å². The van der Waals surface area contributed by atoms with Crippen molar-refractivity contribution < 1.29 is 27.5 Å². The molecule has 0 aliphatic rings. The van der Waals surface area contributed by atoms with E-state index in [4.69, 9.17) is 9.47 Å². The first-order valence-electron chi connectivity index (χ1n) is 11.0. The van der Waals surface area contributed by atoms with Crippen molar-refractivity contribution in [3.8, 4) is 5.75 Å². The predicted octanol–water partition coefficient (Wildman–Crippen LogP) is 3.65. The molecule has 0 aliphatic heterocycles. The van der Waals surface area contributed by atoms with Crippen molar-refractivity contribution in [3.05, 3.63) is 52.8 Å². The standard InChI is InChI=1S/C24H28N2O6S2/c1-4-31-18-10-13-20-21(15-18)33-24(26(20)16-23(28)32-5-2)25-22(27)7-6-14-34(29,30)19-11-8-17(3)9-12-19/h8-13,15H,4-7,14,16H2,1-3H3. The average Bonchev–Trinajstić information content (AvgIpc) is 3.10. The first-order valence-corrected chi connectivity index (χ1v) is 13.5. The topological polar surface area (TPSA) is 104 Å². The smallest absolute Gasteiger partial charge is 0.326 e. The molecule has 8 nitrogen and oxygen atoms in total. The molecule has 0 bridgehead atoms. The number of carbonyl (C=O) groups is 2. The molecule has 182 valence electrons. The van der Waals surface area contributed by atoms with Crippen LogP contribution in [0.2, 0.25) is 0 Å². The summed E-state index contributed by atoms with van der Waals surface area (Å²) in [4.78, 5) is 29.5. The van der Waals surface area contributed by atoms with Crippen LogP contribution in [0, 0.1) is 6.92 Å². The van der Waals surface area contributed by atoms with E-state index in [-0.39, 0.29) is 36.6 Å². The normalized spacial score (nSPS) is 12.1. The van der Waals surface area contributed by atoms with Gasteiger partial charge < -0.3 is 14.0 Å². The third-order valence-corrected chi connectivity index (χ3v) is 7.82. The molecule has 1 heterocycles. The van der Waals surface area contributed by atoms with Crippen LogP contribution in [-0.4, -0.2) is 43.8 Å². The van der Waals surface area contributed by atoms with Crippen molar-refractivity contribution in [2.45, 2.75) is 45.1 Å². The number of sulfone groups is 1. The first-order chi connectivity index (χ1) is 16.2. The zero-order valence-corrected chi connectivity index (χ0v) is 21.1. The molecule has 1 amide bonds. The Morgan fingerprint density at radius 2 is 1.79 bits per heavy atom. The highest BCUT2D eigenvalue weighted by molar-refractivity contribution is 7.91. The van der Waals surface area contributed by atoms with Gasteiger partial charge in [-0.15, -0.1) is 0 Å². The Hall–Kier alpha value is -2.98. The number of ether oxygens (including phenoxy) is 2. The lowest BCUT2D eigenvalue weighted by Gasteiger charge is -2.06. The number of fused-ring (bicyclic) bond motifs is 1. The second-order valence-corrected chi connectivity index (χ2v) is 10.7. The van der Waals surface area contributed by atoms with Gasteiger partial charge in [0.2, 0.25) is 5.91 Å². The number of nitrogens with zero attached hydrogens (tertiary/aromatic N) is 2. The van der Waals surface area contributed by atoms with Crippen LogP contribution < -0.4 is 9.54 Å². The van der Waals surface area contributed by atoms with Crippen LogP contribution in [0.5, 0.6) is 5.75 Å². The summed E-state index contributed by atoms with van der Waals surface area (Å²) in [5.41, 5.74) is 1.70. The molecule has 0 saturated heterocycles. The van der Waals surface area contributed by atoms with Gasteiger partial charge in [-0.3, -0.25) is 9.59 Å². The van der Waals surface area contributed by atoms with Gasteiger partial charge >= 0.3 is 5.97 Å². The summed E-state index contributed by atoms with van der Waals surface area (Å²) in [6.45, 7) is 6.17. The fourth-order valence-electron chi connectivity index (χ4n) is 3.32. The summed E-state index contributed by atoms with van der Waals surface area (Å²) in [6.07, 6.45) is 0.124. The summed E-state index contributed by atoms with van der Waals surface area (Å²) in [6, 6.07) is 12.1. The summed E-state index contributed by atoms with van der Waals surface area (Å²) < 4.78 is 38.1. The van der Waals surface area contributed by atoms with E-state index in [0.29, 0.717) is 17.2 Å². The van der Waals surface area contributed by atoms with Gasteiger partial charge in [0.1, 0.15) is 12.3 Å². The number of aryl methyl sites for hydroxylation is 1. The second-order valence-electron chi connectivity index (χ2n) is 7.58. The first kappa shape index (κ1) is 25.6. The highest BCUT2D eigenvalue weighted by Gasteiger charge is 2.16. The van der Waals surface area contributed by atoms with Crippen LogP contribution in [0.4, 0.5) is 0 Å². The zero-order chi connectivity index (χ0) is 24.7. The summed E-state index contributed by atoms with van der Waals surface area (Å²) in [7, 11) is -3.48. The molecule has 3 rings (SSSR count). The number of rotatable bonds is 10. The highest BCUT2D eigenvalue weighted by atomic mass is 32.2. The van der Waals surface area contributed by atoms with Crippen molar-refractivity contribution in [2.75, 3.05) is 19.0 Å². The van der Waals surface area contributed by atoms with E-state index in [1.54, 1.807) is 41.8 Å².